The van der Waals surface area contributed by atoms with Crippen LogP contribution < -0.4 is 5.32 Å². The first kappa shape index (κ1) is 13.1. The van der Waals surface area contributed by atoms with E-state index in [1.54, 1.807) is 0 Å². The number of amides is 1. The molecule has 0 spiro atoms. The number of hydrogen-bond donors (Lipinski definition) is 3. The van der Waals surface area contributed by atoms with Crippen LogP contribution in [0.2, 0.25) is 0 Å². The molecule has 0 fully saturated rings. The van der Waals surface area contributed by atoms with Crippen molar-refractivity contribution in [3.63, 3.8) is 0 Å². The molecule has 0 aliphatic rings. The zero-order valence-electron chi connectivity index (χ0n) is 8.87. The van der Waals surface area contributed by atoms with Gasteiger partial charge in [-0.05, 0) is 12.1 Å². The van der Waals surface area contributed by atoms with E-state index in [0.717, 1.165) is 0 Å². The van der Waals surface area contributed by atoms with E-state index in [4.69, 9.17) is 10.2 Å². The van der Waals surface area contributed by atoms with Gasteiger partial charge in [-0.1, -0.05) is 0 Å². The summed E-state index contributed by atoms with van der Waals surface area (Å²) in [4.78, 5) is 21.3. The van der Waals surface area contributed by atoms with E-state index in [2.05, 4.69) is 5.32 Å². The van der Waals surface area contributed by atoms with Gasteiger partial charge in [0, 0.05) is 24.2 Å². The van der Waals surface area contributed by atoms with E-state index in [1.807, 2.05) is 0 Å². The smallest absolute Gasteiger partial charge is 0.269 e. The van der Waals surface area contributed by atoms with Crippen molar-refractivity contribution in [2.45, 2.75) is 6.10 Å². The summed E-state index contributed by atoms with van der Waals surface area (Å²) in [6, 6.07) is 5.08. The lowest BCUT2D eigenvalue weighted by atomic mass is 10.2. The number of aliphatic hydroxyl groups is 2. The van der Waals surface area contributed by atoms with Crippen LogP contribution in [-0.2, 0) is 0 Å². The van der Waals surface area contributed by atoms with Gasteiger partial charge in [-0.15, -0.1) is 0 Å². The molecule has 0 heterocycles. The Kier molecular flexibility index (Phi) is 4.56. The molecule has 1 unspecified atom stereocenters. The summed E-state index contributed by atoms with van der Waals surface area (Å²) in [6.07, 6.45) is -1.02. The lowest BCUT2D eigenvalue weighted by Crippen LogP contribution is -2.33. The van der Waals surface area contributed by atoms with Crippen LogP contribution in [0.4, 0.5) is 5.69 Å². The van der Waals surface area contributed by atoms with Gasteiger partial charge in [0.2, 0.25) is 0 Å². The van der Waals surface area contributed by atoms with E-state index in [0.29, 0.717) is 0 Å². The second-order valence-electron chi connectivity index (χ2n) is 3.35. The Balaban J connectivity index is 2.61. The number of carbonyl (C=O) groups is 1. The van der Waals surface area contributed by atoms with Crippen LogP contribution in [-0.4, -0.2) is 40.3 Å². The van der Waals surface area contributed by atoms with Crippen molar-refractivity contribution in [3.05, 3.63) is 39.9 Å². The fourth-order valence-electron chi connectivity index (χ4n) is 1.11. The highest BCUT2D eigenvalue weighted by atomic mass is 16.6. The molecule has 7 nitrogen and oxygen atoms in total. The minimum absolute atomic E-state index is 0.0771. The van der Waals surface area contributed by atoms with Crippen molar-refractivity contribution in [1.29, 1.82) is 0 Å². The number of rotatable bonds is 5. The van der Waals surface area contributed by atoms with Crippen molar-refractivity contribution in [3.8, 4) is 0 Å². The molecule has 0 saturated heterocycles. The van der Waals surface area contributed by atoms with Crippen LogP contribution in [0.1, 0.15) is 10.4 Å². The largest absolute Gasteiger partial charge is 0.394 e. The molecular formula is C10H12N2O5. The quantitative estimate of drug-likeness (QED) is 0.482. The van der Waals surface area contributed by atoms with Gasteiger partial charge >= 0.3 is 0 Å². The van der Waals surface area contributed by atoms with E-state index < -0.39 is 23.5 Å². The zero-order valence-corrected chi connectivity index (χ0v) is 8.87. The molecule has 3 N–H and O–H groups in total. The summed E-state index contributed by atoms with van der Waals surface area (Å²) in [5.41, 5.74) is 0.151. The summed E-state index contributed by atoms with van der Waals surface area (Å²) in [6.45, 7) is -0.521. The molecule has 92 valence electrons. The molecule has 1 rings (SSSR count). The minimum Gasteiger partial charge on any atom is -0.394 e. The fraction of sp³-hybridized carbons (Fsp3) is 0.300. The maximum Gasteiger partial charge on any atom is 0.269 e. The number of carbonyl (C=O) groups excluding carboxylic acids is 1. The standard InChI is InChI=1S/C10H12N2O5/c13-6-9(14)5-11-10(15)7-1-3-8(4-2-7)12(16)17/h1-4,9,13-14H,5-6H2,(H,11,15). The number of nitro benzene ring substituents is 1. The molecule has 0 aliphatic heterocycles. The summed E-state index contributed by atoms with van der Waals surface area (Å²) in [5, 5.41) is 30.3. The molecule has 0 radical (unpaired) electrons. The second kappa shape index (κ2) is 5.92. The van der Waals surface area contributed by atoms with Gasteiger partial charge in [0.15, 0.2) is 0 Å². The van der Waals surface area contributed by atoms with Crippen LogP contribution in [0.25, 0.3) is 0 Å². The van der Waals surface area contributed by atoms with Gasteiger partial charge < -0.3 is 15.5 Å². The number of benzene rings is 1. The lowest BCUT2D eigenvalue weighted by Gasteiger charge is -2.08. The van der Waals surface area contributed by atoms with Gasteiger partial charge in [-0.3, -0.25) is 14.9 Å². The molecule has 0 aromatic heterocycles. The van der Waals surface area contributed by atoms with Gasteiger partial charge in [-0.2, -0.15) is 0 Å². The average Bonchev–Trinajstić information content (AvgIpc) is 2.35. The highest BCUT2D eigenvalue weighted by Crippen LogP contribution is 2.11. The van der Waals surface area contributed by atoms with E-state index >= 15 is 0 Å². The van der Waals surface area contributed by atoms with Crippen molar-refractivity contribution in [2.24, 2.45) is 0 Å². The Bertz CT molecular complexity index is 404. The fourth-order valence-corrected chi connectivity index (χ4v) is 1.11. The molecular weight excluding hydrogens is 228 g/mol. The van der Waals surface area contributed by atoms with Crippen LogP contribution in [0.3, 0.4) is 0 Å². The number of hydrogen-bond acceptors (Lipinski definition) is 5. The Hall–Kier alpha value is -1.99. The molecule has 0 bridgehead atoms. The Morgan fingerprint density at radius 2 is 2.00 bits per heavy atom. The minimum atomic E-state index is -1.02. The zero-order chi connectivity index (χ0) is 12.8. The normalized spacial score (nSPS) is 11.9. The van der Waals surface area contributed by atoms with Gasteiger partial charge in [0.05, 0.1) is 17.6 Å². The third-order valence-corrected chi connectivity index (χ3v) is 2.05. The SMILES string of the molecule is O=C(NCC(O)CO)c1ccc([N+](=O)[O-])cc1. The van der Waals surface area contributed by atoms with Crippen LogP contribution >= 0.6 is 0 Å². The van der Waals surface area contributed by atoms with E-state index in [9.17, 15) is 14.9 Å². The number of nitro groups is 1. The topological polar surface area (TPSA) is 113 Å². The summed E-state index contributed by atoms with van der Waals surface area (Å²) >= 11 is 0. The van der Waals surface area contributed by atoms with Crippen LogP contribution in [0, 0.1) is 10.1 Å². The van der Waals surface area contributed by atoms with Gasteiger partial charge in [0.1, 0.15) is 0 Å². The predicted octanol–water partition coefficient (Wildman–Crippen LogP) is -0.322. The van der Waals surface area contributed by atoms with E-state index in [1.165, 1.54) is 24.3 Å². The Morgan fingerprint density at radius 3 is 2.47 bits per heavy atom. The predicted molar refractivity (Wildman–Crippen MR) is 58.5 cm³/mol. The Morgan fingerprint density at radius 1 is 1.41 bits per heavy atom. The average molecular weight is 240 g/mol. The summed E-state index contributed by atoms with van der Waals surface area (Å²) in [5.74, 6) is -0.465. The van der Waals surface area contributed by atoms with Crippen molar-refractivity contribution in [2.75, 3.05) is 13.2 Å². The molecule has 0 aliphatic carbocycles. The number of non-ortho nitro benzene ring substituents is 1. The highest BCUT2D eigenvalue weighted by molar-refractivity contribution is 5.94. The third-order valence-electron chi connectivity index (χ3n) is 2.05. The van der Waals surface area contributed by atoms with Gasteiger partial charge in [0.25, 0.3) is 11.6 Å². The third kappa shape index (κ3) is 3.82. The molecule has 17 heavy (non-hydrogen) atoms. The van der Waals surface area contributed by atoms with Crippen LogP contribution in [0.5, 0.6) is 0 Å². The number of nitrogens with one attached hydrogen (secondary N) is 1. The highest BCUT2D eigenvalue weighted by Gasteiger charge is 2.10. The first-order valence-electron chi connectivity index (χ1n) is 4.86. The molecule has 1 aromatic rings. The number of aliphatic hydroxyl groups excluding tert-OH is 2. The maximum atomic E-state index is 11.5. The molecule has 1 atom stereocenters. The Labute approximate surface area is 96.8 Å². The molecule has 1 amide bonds. The lowest BCUT2D eigenvalue weighted by molar-refractivity contribution is -0.384. The summed E-state index contributed by atoms with van der Waals surface area (Å²) in [7, 11) is 0. The number of nitrogens with zero attached hydrogens (tertiary/aromatic N) is 1. The van der Waals surface area contributed by atoms with Crippen LogP contribution in [0.15, 0.2) is 24.3 Å². The van der Waals surface area contributed by atoms with Crippen molar-refractivity contribution >= 4 is 11.6 Å². The molecule has 0 saturated carbocycles. The molecule has 1 aromatic carbocycles. The van der Waals surface area contributed by atoms with Gasteiger partial charge in [-0.25, -0.2) is 0 Å². The first-order chi connectivity index (χ1) is 8.04. The van der Waals surface area contributed by atoms with E-state index in [-0.39, 0.29) is 17.8 Å². The second-order valence-corrected chi connectivity index (χ2v) is 3.35. The molecule has 7 heteroatoms. The van der Waals surface area contributed by atoms with Crippen molar-refractivity contribution < 1.29 is 19.9 Å². The maximum absolute atomic E-state index is 11.5. The van der Waals surface area contributed by atoms with Crippen molar-refractivity contribution in [1.82, 2.24) is 5.32 Å². The monoisotopic (exact) mass is 240 g/mol. The first-order valence-corrected chi connectivity index (χ1v) is 4.86. The summed E-state index contributed by atoms with van der Waals surface area (Å²) < 4.78 is 0.